The van der Waals surface area contributed by atoms with Gasteiger partial charge in [0.05, 0.1) is 5.92 Å². The summed E-state index contributed by atoms with van der Waals surface area (Å²) in [7, 11) is 0. The lowest BCUT2D eigenvalue weighted by atomic mass is 9.97. The van der Waals surface area contributed by atoms with Crippen molar-refractivity contribution in [3.63, 3.8) is 0 Å². The number of fused-ring (bicyclic) bond motifs is 1. The zero-order valence-corrected chi connectivity index (χ0v) is 15.4. The second-order valence-corrected chi connectivity index (χ2v) is 7.04. The van der Waals surface area contributed by atoms with Gasteiger partial charge in [-0.3, -0.25) is 4.79 Å². The Morgan fingerprint density at radius 1 is 1.15 bits per heavy atom. The molecule has 138 valence electrons. The van der Waals surface area contributed by atoms with Gasteiger partial charge in [0.25, 0.3) is 0 Å². The van der Waals surface area contributed by atoms with E-state index in [1.54, 1.807) is 12.1 Å². The van der Waals surface area contributed by atoms with Gasteiger partial charge in [-0.15, -0.1) is 10.2 Å². The number of nitrogens with one attached hydrogen (secondary N) is 1. The molecule has 1 aliphatic heterocycles. The van der Waals surface area contributed by atoms with Crippen LogP contribution in [0.2, 0.25) is 0 Å². The van der Waals surface area contributed by atoms with Crippen molar-refractivity contribution in [2.24, 2.45) is 0 Å². The van der Waals surface area contributed by atoms with Crippen molar-refractivity contribution in [3.05, 3.63) is 65.2 Å². The number of aromatic nitrogens is 3. The molecule has 0 saturated heterocycles. The highest BCUT2D eigenvalue weighted by Crippen LogP contribution is 2.31. The number of nitrogens with zero attached hydrogens (tertiary/aromatic N) is 3. The van der Waals surface area contributed by atoms with E-state index < -0.39 is 0 Å². The van der Waals surface area contributed by atoms with Crippen LogP contribution in [0.1, 0.15) is 35.7 Å². The Labute approximate surface area is 157 Å². The van der Waals surface area contributed by atoms with E-state index in [9.17, 15) is 9.18 Å². The minimum atomic E-state index is -0.346. The monoisotopic (exact) mass is 364 g/mol. The van der Waals surface area contributed by atoms with Crippen LogP contribution in [0.4, 0.5) is 10.1 Å². The van der Waals surface area contributed by atoms with Gasteiger partial charge in [-0.1, -0.05) is 17.7 Å². The van der Waals surface area contributed by atoms with Gasteiger partial charge in [-0.25, -0.2) is 4.39 Å². The average Bonchev–Trinajstić information content (AvgIpc) is 3.09. The minimum absolute atomic E-state index is 0.0686. The van der Waals surface area contributed by atoms with Crippen LogP contribution >= 0.6 is 0 Å². The van der Waals surface area contributed by atoms with Crippen LogP contribution in [-0.2, 0) is 11.3 Å². The molecule has 2 aromatic carbocycles. The molecule has 1 N–H and O–H groups in total. The predicted molar refractivity (Wildman–Crippen MR) is 102 cm³/mol. The highest BCUT2D eigenvalue weighted by atomic mass is 19.1. The Bertz CT molecular complexity index is 994. The number of carbonyl (C=O) groups is 1. The van der Waals surface area contributed by atoms with Gasteiger partial charge in [0.2, 0.25) is 5.91 Å². The van der Waals surface area contributed by atoms with Gasteiger partial charge >= 0.3 is 0 Å². The third-order valence-electron chi connectivity index (χ3n) is 5.02. The molecule has 1 aliphatic rings. The first-order valence-electron chi connectivity index (χ1n) is 9.10. The molecule has 0 fully saturated rings. The van der Waals surface area contributed by atoms with Gasteiger partial charge in [-0.2, -0.15) is 0 Å². The molecule has 0 aliphatic carbocycles. The van der Waals surface area contributed by atoms with Crippen molar-refractivity contribution < 1.29 is 9.18 Å². The fraction of sp³-hybridized carbons (Fsp3) is 0.286. The first kappa shape index (κ1) is 17.4. The summed E-state index contributed by atoms with van der Waals surface area (Å²) >= 11 is 0. The SMILES string of the molecule is Cc1ccc(NC(=O)C2CCCn3c(-c4ccc(F)cc4)nnc32)c(C)c1. The molecule has 1 atom stereocenters. The zero-order chi connectivity index (χ0) is 19.0. The quantitative estimate of drug-likeness (QED) is 0.757. The van der Waals surface area contributed by atoms with E-state index in [0.29, 0.717) is 11.6 Å². The fourth-order valence-corrected chi connectivity index (χ4v) is 3.61. The lowest BCUT2D eigenvalue weighted by Gasteiger charge is -2.23. The van der Waals surface area contributed by atoms with E-state index in [2.05, 4.69) is 15.5 Å². The predicted octanol–water partition coefficient (Wildman–Crippen LogP) is 4.22. The first-order valence-corrected chi connectivity index (χ1v) is 9.10. The van der Waals surface area contributed by atoms with Crippen molar-refractivity contribution in [3.8, 4) is 11.4 Å². The number of hydrogen-bond acceptors (Lipinski definition) is 3. The molecule has 1 unspecified atom stereocenters. The maximum atomic E-state index is 13.2. The van der Waals surface area contributed by atoms with E-state index in [-0.39, 0.29) is 17.6 Å². The van der Waals surface area contributed by atoms with Crippen LogP contribution in [0.15, 0.2) is 42.5 Å². The molecule has 1 amide bonds. The maximum absolute atomic E-state index is 13.2. The van der Waals surface area contributed by atoms with Crippen LogP contribution in [0.3, 0.4) is 0 Å². The molecule has 3 aromatic rings. The minimum Gasteiger partial charge on any atom is -0.325 e. The molecule has 27 heavy (non-hydrogen) atoms. The number of hydrogen-bond donors (Lipinski definition) is 1. The summed E-state index contributed by atoms with van der Waals surface area (Å²) in [5, 5.41) is 11.6. The number of anilines is 1. The standard InChI is InChI=1S/C21H21FN4O/c1-13-5-10-18(14(2)12-13)23-21(27)17-4-3-11-26-19(24-25-20(17)26)15-6-8-16(22)9-7-15/h5-10,12,17H,3-4,11H2,1-2H3,(H,23,27). The maximum Gasteiger partial charge on any atom is 0.235 e. The van der Waals surface area contributed by atoms with Crippen molar-refractivity contribution in [1.82, 2.24) is 14.8 Å². The van der Waals surface area contributed by atoms with Crippen molar-refractivity contribution in [1.29, 1.82) is 0 Å². The van der Waals surface area contributed by atoms with Gasteiger partial charge < -0.3 is 9.88 Å². The van der Waals surface area contributed by atoms with Gasteiger partial charge in [0, 0.05) is 17.8 Å². The number of carbonyl (C=O) groups excluding carboxylic acids is 1. The van der Waals surface area contributed by atoms with E-state index in [1.807, 2.05) is 36.6 Å². The van der Waals surface area contributed by atoms with Crippen molar-refractivity contribution >= 4 is 11.6 Å². The van der Waals surface area contributed by atoms with E-state index in [1.165, 1.54) is 12.1 Å². The summed E-state index contributed by atoms with van der Waals surface area (Å²) in [6.07, 6.45) is 1.60. The number of rotatable bonds is 3. The second kappa shape index (κ2) is 6.95. The molecular formula is C21H21FN4O. The van der Waals surface area contributed by atoms with E-state index >= 15 is 0 Å². The molecule has 0 bridgehead atoms. The largest absolute Gasteiger partial charge is 0.325 e. The van der Waals surface area contributed by atoms with Gasteiger partial charge in [0.15, 0.2) is 5.82 Å². The van der Waals surface area contributed by atoms with Gasteiger partial charge in [0.1, 0.15) is 11.6 Å². The molecule has 6 heteroatoms. The van der Waals surface area contributed by atoms with Crippen LogP contribution in [0.5, 0.6) is 0 Å². The second-order valence-electron chi connectivity index (χ2n) is 7.04. The Balaban J connectivity index is 1.62. The summed E-state index contributed by atoms with van der Waals surface area (Å²) in [5.41, 5.74) is 3.81. The zero-order valence-electron chi connectivity index (χ0n) is 15.4. The summed E-state index contributed by atoms with van der Waals surface area (Å²) in [6.45, 7) is 4.76. The summed E-state index contributed by atoms with van der Waals surface area (Å²) < 4.78 is 15.2. The number of amides is 1. The molecule has 0 spiro atoms. The Hall–Kier alpha value is -3.02. The van der Waals surface area contributed by atoms with Crippen molar-refractivity contribution in [2.45, 2.75) is 39.2 Å². The Morgan fingerprint density at radius 3 is 2.67 bits per heavy atom. The van der Waals surface area contributed by atoms with E-state index in [0.717, 1.165) is 41.8 Å². The molecule has 2 heterocycles. The van der Waals surface area contributed by atoms with Crippen LogP contribution in [0, 0.1) is 19.7 Å². The summed E-state index contributed by atoms with van der Waals surface area (Å²) in [6, 6.07) is 12.1. The number of aryl methyl sites for hydroxylation is 2. The smallest absolute Gasteiger partial charge is 0.235 e. The molecular weight excluding hydrogens is 343 g/mol. The lowest BCUT2D eigenvalue weighted by molar-refractivity contribution is -0.118. The Kier molecular flexibility index (Phi) is 4.48. The highest BCUT2D eigenvalue weighted by Gasteiger charge is 2.31. The normalized spacial score (nSPS) is 16.0. The van der Waals surface area contributed by atoms with Crippen molar-refractivity contribution in [2.75, 3.05) is 5.32 Å². The lowest BCUT2D eigenvalue weighted by Crippen LogP contribution is -2.28. The average molecular weight is 364 g/mol. The van der Waals surface area contributed by atoms with E-state index in [4.69, 9.17) is 0 Å². The highest BCUT2D eigenvalue weighted by molar-refractivity contribution is 5.96. The van der Waals surface area contributed by atoms with Crippen LogP contribution in [0.25, 0.3) is 11.4 Å². The molecule has 0 radical (unpaired) electrons. The third-order valence-corrected chi connectivity index (χ3v) is 5.02. The van der Waals surface area contributed by atoms with Crippen LogP contribution in [-0.4, -0.2) is 20.7 Å². The molecule has 5 nitrogen and oxygen atoms in total. The molecule has 4 rings (SSSR count). The first-order chi connectivity index (χ1) is 13.0. The summed E-state index contributed by atoms with van der Waals surface area (Å²) in [5.74, 6) is 0.641. The Morgan fingerprint density at radius 2 is 1.93 bits per heavy atom. The summed E-state index contributed by atoms with van der Waals surface area (Å²) in [4.78, 5) is 12.9. The fourth-order valence-electron chi connectivity index (χ4n) is 3.61. The van der Waals surface area contributed by atoms with Gasteiger partial charge in [-0.05, 0) is 62.6 Å². The molecule has 0 saturated carbocycles. The van der Waals surface area contributed by atoms with Crippen LogP contribution < -0.4 is 5.32 Å². The topological polar surface area (TPSA) is 59.8 Å². The number of benzene rings is 2. The molecule has 1 aromatic heterocycles. The third kappa shape index (κ3) is 3.35. The number of halogens is 1.